The molecule has 0 aliphatic heterocycles. The van der Waals surface area contributed by atoms with Gasteiger partial charge >= 0.3 is 12.0 Å². The van der Waals surface area contributed by atoms with Crippen molar-refractivity contribution in [3.05, 3.63) is 35.9 Å². The fraction of sp³-hybridized carbons (Fsp3) is 0.294. The average Bonchev–Trinajstić information content (AvgIpc) is 2.65. The lowest BCUT2D eigenvalue weighted by atomic mass is 10.2. The van der Waals surface area contributed by atoms with Gasteiger partial charge in [-0.3, -0.25) is 19.7 Å². The smallest absolute Gasteiger partial charge is 0.321 e. The van der Waals surface area contributed by atoms with Crippen LogP contribution in [0.25, 0.3) is 6.08 Å². The van der Waals surface area contributed by atoms with E-state index in [1.165, 1.54) is 13.1 Å². The minimum atomic E-state index is -0.746. The van der Waals surface area contributed by atoms with Crippen LogP contribution in [-0.2, 0) is 19.1 Å². The predicted octanol–water partition coefficient (Wildman–Crippen LogP) is 0.214. The maximum Gasteiger partial charge on any atom is 0.321 e. The first kappa shape index (κ1) is 20.7. The maximum atomic E-state index is 11.7. The summed E-state index contributed by atoms with van der Waals surface area (Å²) >= 11 is 0. The number of hydrogen-bond acceptors (Lipinski definition) is 6. The molecule has 0 bridgehead atoms. The van der Waals surface area contributed by atoms with E-state index in [0.717, 1.165) is 5.56 Å². The molecule has 4 amide bonds. The average molecular weight is 363 g/mol. The van der Waals surface area contributed by atoms with Gasteiger partial charge in [-0.1, -0.05) is 12.1 Å². The van der Waals surface area contributed by atoms with Crippen molar-refractivity contribution in [2.24, 2.45) is 0 Å². The molecule has 0 heterocycles. The Hall–Kier alpha value is -3.36. The van der Waals surface area contributed by atoms with Gasteiger partial charge in [-0.15, -0.1) is 0 Å². The summed E-state index contributed by atoms with van der Waals surface area (Å²) in [6.45, 7) is -0.515. The molecule has 9 heteroatoms. The Kier molecular flexibility index (Phi) is 8.94. The topological polar surface area (TPSA) is 123 Å². The number of carbonyl (C=O) groups excluding carboxylic acids is 4. The molecular weight excluding hydrogens is 342 g/mol. The summed E-state index contributed by atoms with van der Waals surface area (Å²) in [5.41, 5.74) is 0.822. The third-order valence-electron chi connectivity index (χ3n) is 3.02. The molecule has 0 saturated carbocycles. The highest BCUT2D eigenvalue weighted by Crippen LogP contribution is 2.12. The molecule has 9 nitrogen and oxygen atoms in total. The van der Waals surface area contributed by atoms with Crippen molar-refractivity contribution in [1.29, 1.82) is 0 Å². The number of carbonyl (C=O) groups is 4. The molecule has 3 N–H and O–H groups in total. The summed E-state index contributed by atoms with van der Waals surface area (Å²) in [5.74, 6) is -1.07. The van der Waals surface area contributed by atoms with Gasteiger partial charge in [0, 0.05) is 19.7 Å². The third kappa shape index (κ3) is 8.48. The van der Waals surface area contributed by atoms with Crippen molar-refractivity contribution in [2.75, 3.05) is 27.3 Å². The molecular formula is C17H21N3O6. The van der Waals surface area contributed by atoms with Crippen LogP contribution in [0.15, 0.2) is 30.3 Å². The van der Waals surface area contributed by atoms with Crippen LogP contribution in [0.2, 0.25) is 0 Å². The number of amides is 4. The maximum absolute atomic E-state index is 11.7. The SMILES string of the molecule is CNC(=O)NC(=O)COC(=O)CCNC(=O)/C=C/c1ccc(OC)cc1. The largest absolute Gasteiger partial charge is 0.497 e. The fourth-order valence-electron chi connectivity index (χ4n) is 1.68. The van der Waals surface area contributed by atoms with Gasteiger partial charge in [-0.2, -0.15) is 0 Å². The highest BCUT2D eigenvalue weighted by Gasteiger charge is 2.10. The first-order chi connectivity index (χ1) is 12.4. The number of esters is 1. The summed E-state index contributed by atoms with van der Waals surface area (Å²) in [7, 11) is 2.91. The van der Waals surface area contributed by atoms with Gasteiger partial charge in [0.2, 0.25) is 5.91 Å². The van der Waals surface area contributed by atoms with Crippen molar-refractivity contribution >= 4 is 29.9 Å². The highest BCUT2D eigenvalue weighted by molar-refractivity contribution is 5.95. The van der Waals surface area contributed by atoms with E-state index in [2.05, 4.69) is 15.4 Å². The lowest BCUT2D eigenvalue weighted by molar-refractivity contribution is -0.148. The molecule has 0 aromatic heterocycles. The van der Waals surface area contributed by atoms with Gasteiger partial charge in [0.05, 0.1) is 13.5 Å². The van der Waals surface area contributed by atoms with E-state index in [0.29, 0.717) is 5.75 Å². The van der Waals surface area contributed by atoms with Crippen LogP contribution in [0.5, 0.6) is 5.75 Å². The van der Waals surface area contributed by atoms with E-state index in [1.54, 1.807) is 37.5 Å². The monoisotopic (exact) mass is 363 g/mol. The lowest BCUT2D eigenvalue weighted by Gasteiger charge is -2.05. The minimum absolute atomic E-state index is 0.0572. The van der Waals surface area contributed by atoms with Crippen LogP contribution in [0, 0.1) is 0 Å². The quantitative estimate of drug-likeness (QED) is 0.448. The van der Waals surface area contributed by atoms with Crippen molar-refractivity contribution < 1.29 is 28.7 Å². The summed E-state index contributed by atoms with van der Waals surface area (Å²) in [6.07, 6.45) is 2.86. The Bertz CT molecular complexity index is 670. The van der Waals surface area contributed by atoms with Crippen molar-refractivity contribution in [3.8, 4) is 5.75 Å². The molecule has 140 valence electrons. The Morgan fingerprint density at radius 1 is 1.12 bits per heavy atom. The normalized spacial score (nSPS) is 10.1. The Morgan fingerprint density at radius 3 is 2.42 bits per heavy atom. The second-order valence-electron chi connectivity index (χ2n) is 4.94. The van der Waals surface area contributed by atoms with Crippen LogP contribution in [0.4, 0.5) is 4.79 Å². The zero-order chi connectivity index (χ0) is 19.4. The van der Waals surface area contributed by atoms with E-state index in [-0.39, 0.29) is 18.9 Å². The van der Waals surface area contributed by atoms with Gasteiger partial charge in [-0.25, -0.2) is 4.79 Å². The lowest BCUT2D eigenvalue weighted by Crippen LogP contribution is -2.39. The number of urea groups is 1. The molecule has 1 rings (SSSR count). The van der Waals surface area contributed by atoms with E-state index >= 15 is 0 Å². The number of rotatable bonds is 8. The molecule has 0 aliphatic rings. The molecule has 1 aromatic carbocycles. The zero-order valence-electron chi connectivity index (χ0n) is 14.5. The third-order valence-corrected chi connectivity index (χ3v) is 3.02. The van der Waals surface area contributed by atoms with Crippen LogP contribution < -0.4 is 20.7 Å². The first-order valence-electron chi connectivity index (χ1n) is 7.71. The molecule has 0 spiro atoms. The van der Waals surface area contributed by atoms with E-state index in [1.807, 2.05) is 5.32 Å². The van der Waals surface area contributed by atoms with Gasteiger partial charge < -0.3 is 20.1 Å². The van der Waals surface area contributed by atoms with E-state index in [4.69, 9.17) is 4.74 Å². The van der Waals surface area contributed by atoms with E-state index in [9.17, 15) is 19.2 Å². The number of nitrogens with one attached hydrogen (secondary N) is 3. The Balaban J connectivity index is 2.23. The Labute approximate surface area is 150 Å². The minimum Gasteiger partial charge on any atom is -0.497 e. The first-order valence-corrected chi connectivity index (χ1v) is 7.71. The summed E-state index contributed by atoms with van der Waals surface area (Å²) in [5, 5.41) is 6.65. The fourth-order valence-corrected chi connectivity index (χ4v) is 1.68. The second-order valence-corrected chi connectivity index (χ2v) is 4.94. The summed E-state index contributed by atoms with van der Waals surface area (Å²) < 4.78 is 9.71. The number of hydrogen-bond donors (Lipinski definition) is 3. The number of methoxy groups -OCH3 is 1. The molecule has 0 radical (unpaired) electrons. The second kappa shape index (κ2) is 11.2. The predicted molar refractivity (Wildman–Crippen MR) is 93.2 cm³/mol. The molecule has 0 aliphatic carbocycles. The van der Waals surface area contributed by atoms with Gasteiger partial charge in [0.25, 0.3) is 5.91 Å². The van der Waals surface area contributed by atoms with Crippen molar-refractivity contribution in [3.63, 3.8) is 0 Å². The van der Waals surface area contributed by atoms with E-state index < -0.39 is 24.5 Å². The number of imide groups is 1. The standard InChI is InChI=1S/C17H21N3O6/c1-18-17(24)20-15(22)11-26-16(23)9-10-19-14(21)8-5-12-3-6-13(25-2)7-4-12/h3-8H,9-11H2,1-2H3,(H,19,21)(H2,18,20,22,24)/b8-5+. The van der Waals surface area contributed by atoms with Crippen LogP contribution in [-0.4, -0.2) is 51.1 Å². The zero-order valence-corrected chi connectivity index (χ0v) is 14.5. The molecule has 1 aromatic rings. The summed E-state index contributed by atoms with van der Waals surface area (Å²) in [6, 6.07) is 6.44. The van der Waals surface area contributed by atoms with Gasteiger partial charge in [-0.05, 0) is 23.8 Å². The molecule has 0 unspecified atom stereocenters. The van der Waals surface area contributed by atoms with Crippen molar-refractivity contribution in [1.82, 2.24) is 16.0 Å². The van der Waals surface area contributed by atoms with Crippen LogP contribution in [0.1, 0.15) is 12.0 Å². The van der Waals surface area contributed by atoms with Crippen molar-refractivity contribution in [2.45, 2.75) is 6.42 Å². The van der Waals surface area contributed by atoms with Gasteiger partial charge in [0.15, 0.2) is 6.61 Å². The van der Waals surface area contributed by atoms with Gasteiger partial charge in [0.1, 0.15) is 5.75 Å². The Morgan fingerprint density at radius 2 is 1.81 bits per heavy atom. The number of ether oxygens (including phenoxy) is 2. The van der Waals surface area contributed by atoms with Crippen LogP contribution in [0.3, 0.4) is 0 Å². The van der Waals surface area contributed by atoms with Crippen LogP contribution >= 0.6 is 0 Å². The highest BCUT2D eigenvalue weighted by atomic mass is 16.5. The summed E-state index contributed by atoms with van der Waals surface area (Å²) in [4.78, 5) is 45.2. The molecule has 0 saturated heterocycles. The molecule has 0 atom stereocenters. The molecule has 26 heavy (non-hydrogen) atoms. The molecule has 0 fully saturated rings. The number of benzene rings is 1.